The molecule has 0 atom stereocenters. The fourth-order valence-electron chi connectivity index (χ4n) is 3.25. The molecule has 0 unspecified atom stereocenters. The number of imidazole rings is 1. The maximum absolute atomic E-state index is 12.1. The number of amides is 1. The van der Waals surface area contributed by atoms with Crippen LogP contribution in [0.5, 0.6) is 0 Å². The lowest BCUT2D eigenvalue weighted by Crippen LogP contribution is -2.43. The van der Waals surface area contributed by atoms with E-state index in [2.05, 4.69) is 35.5 Å². The average Bonchev–Trinajstić information content (AvgIpc) is 3.18. The van der Waals surface area contributed by atoms with Gasteiger partial charge < -0.3 is 15.2 Å². The minimum atomic E-state index is -4.11. The van der Waals surface area contributed by atoms with E-state index in [-0.39, 0.29) is 16.3 Å². The molecule has 8 nitrogen and oxygen atoms in total. The van der Waals surface area contributed by atoms with E-state index in [1.165, 1.54) is 17.1 Å². The third-order valence-electron chi connectivity index (χ3n) is 5.04. The van der Waals surface area contributed by atoms with Gasteiger partial charge in [-0.25, -0.2) is 4.98 Å². The van der Waals surface area contributed by atoms with Gasteiger partial charge in [-0.1, -0.05) is 43.6 Å². The van der Waals surface area contributed by atoms with Gasteiger partial charge in [0.2, 0.25) is 0 Å². The van der Waals surface area contributed by atoms with Crippen molar-refractivity contribution in [2.75, 3.05) is 11.9 Å². The Morgan fingerprint density at radius 1 is 1.22 bits per heavy atom. The van der Waals surface area contributed by atoms with Crippen LogP contribution < -0.4 is 10.6 Å². The third kappa shape index (κ3) is 5.87. The summed E-state index contributed by atoms with van der Waals surface area (Å²) in [5, 5.41) is 6.72. The van der Waals surface area contributed by atoms with Gasteiger partial charge in [-0.15, -0.1) is 0 Å². The smallest absolute Gasteiger partial charge is 0.313 e. The molecule has 1 aliphatic rings. The second-order valence-corrected chi connectivity index (χ2v) is 9.96. The molecule has 1 aliphatic heterocycles. The Kier molecular flexibility index (Phi) is 6.92. The van der Waals surface area contributed by atoms with Crippen LogP contribution in [0.1, 0.15) is 35.3 Å². The number of fused-ring (bicyclic) bond motifs is 1. The highest BCUT2D eigenvalue weighted by Gasteiger charge is 2.31. The summed E-state index contributed by atoms with van der Waals surface area (Å²) in [4.78, 5) is 15.5. The standard InChI is InChI=1S/C18H19ClN2O.C4H6N2O3S/c1-18(2)11-21-17(22)15-9-14(7-8-16(15)18)20-10-12-3-5-13(19)6-4-12;1-6-2-4(5-3-6)10(7,8)9/h3-9,20H,10-11H2,1-2H3,(H,21,22);2-3H,1H3,(H,7,8,9). The molecule has 0 fully saturated rings. The summed E-state index contributed by atoms with van der Waals surface area (Å²) in [5.41, 5.74) is 3.93. The van der Waals surface area contributed by atoms with Crippen molar-refractivity contribution < 1.29 is 17.8 Å². The van der Waals surface area contributed by atoms with E-state index in [9.17, 15) is 13.2 Å². The summed E-state index contributed by atoms with van der Waals surface area (Å²) in [7, 11) is -2.50. The molecule has 2 heterocycles. The molecule has 170 valence electrons. The SMILES string of the molecule is CC1(C)CNC(=O)c2cc(NCc3ccc(Cl)cc3)ccc21.Cn1cnc(S(=O)(=O)O)c1. The van der Waals surface area contributed by atoms with Crippen LogP contribution in [0.25, 0.3) is 0 Å². The lowest BCUT2D eigenvalue weighted by Gasteiger charge is -2.32. The van der Waals surface area contributed by atoms with E-state index in [4.69, 9.17) is 16.2 Å². The van der Waals surface area contributed by atoms with E-state index in [1.807, 2.05) is 36.4 Å². The zero-order chi connectivity index (χ0) is 23.5. The normalized spacial score (nSPS) is 14.6. The second kappa shape index (κ2) is 9.32. The number of nitrogens with one attached hydrogen (secondary N) is 2. The number of aromatic nitrogens is 2. The minimum absolute atomic E-state index is 0.00414. The van der Waals surface area contributed by atoms with Crippen molar-refractivity contribution in [1.82, 2.24) is 14.9 Å². The lowest BCUT2D eigenvalue weighted by atomic mass is 9.79. The minimum Gasteiger partial charge on any atom is -0.381 e. The number of aryl methyl sites for hydroxylation is 1. The van der Waals surface area contributed by atoms with Crippen molar-refractivity contribution >= 4 is 33.3 Å². The van der Waals surface area contributed by atoms with Crippen LogP contribution in [0.4, 0.5) is 5.69 Å². The van der Waals surface area contributed by atoms with E-state index >= 15 is 0 Å². The first kappa shape index (κ1) is 23.8. The van der Waals surface area contributed by atoms with Gasteiger partial charge in [-0.3, -0.25) is 9.35 Å². The van der Waals surface area contributed by atoms with E-state index in [1.54, 1.807) is 7.05 Å². The second-order valence-electron chi connectivity index (χ2n) is 8.16. The Morgan fingerprint density at radius 2 is 1.91 bits per heavy atom. The molecule has 1 amide bonds. The fraction of sp³-hybridized carbons (Fsp3) is 0.273. The molecule has 0 bridgehead atoms. The Labute approximate surface area is 192 Å². The molecular formula is C22H25ClN4O4S. The molecule has 32 heavy (non-hydrogen) atoms. The van der Waals surface area contributed by atoms with Gasteiger partial charge in [0.25, 0.3) is 5.91 Å². The molecule has 10 heteroatoms. The summed E-state index contributed by atoms with van der Waals surface area (Å²) in [6.45, 7) is 5.66. The molecular weight excluding hydrogens is 452 g/mol. The van der Waals surface area contributed by atoms with Crippen molar-refractivity contribution in [3.8, 4) is 0 Å². The highest BCUT2D eigenvalue weighted by molar-refractivity contribution is 7.85. The van der Waals surface area contributed by atoms with Crippen LogP contribution >= 0.6 is 11.6 Å². The van der Waals surface area contributed by atoms with Crippen LogP contribution in [0.2, 0.25) is 5.02 Å². The number of anilines is 1. The van der Waals surface area contributed by atoms with Crippen LogP contribution in [-0.2, 0) is 29.1 Å². The highest BCUT2D eigenvalue weighted by Crippen LogP contribution is 2.31. The van der Waals surface area contributed by atoms with Crippen LogP contribution in [0, 0.1) is 0 Å². The molecule has 3 N–H and O–H groups in total. The number of benzene rings is 2. The maximum Gasteiger partial charge on any atom is 0.313 e. The molecule has 3 aromatic rings. The number of rotatable bonds is 4. The topological polar surface area (TPSA) is 113 Å². The third-order valence-corrected chi connectivity index (χ3v) is 6.03. The van der Waals surface area contributed by atoms with Crippen molar-refractivity contribution in [1.29, 1.82) is 0 Å². The van der Waals surface area contributed by atoms with Gasteiger partial charge in [0.05, 0.1) is 6.33 Å². The summed E-state index contributed by atoms with van der Waals surface area (Å²) in [5.74, 6) is 0.00414. The monoisotopic (exact) mass is 476 g/mol. The molecule has 0 saturated carbocycles. The van der Waals surface area contributed by atoms with Crippen LogP contribution in [0.15, 0.2) is 60.0 Å². The highest BCUT2D eigenvalue weighted by atomic mass is 35.5. The first-order valence-electron chi connectivity index (χ1n) is 9.82. The Bertz CT molecular complexity index is 1220. The zero-order valence-electron chi connectivity index (χ0n) is 18.0. The molecule has 0 radical (unpaired) electrons. The van der Waals surface area contributed by atoms with Crippen molar-refractivity contribution in [3.05, 3.63) is 76.7 Å². The Hall–Kier alpha value is -2.88. The predicted molar refractivity (Wildman–Crippen MR) is 124 cm³/mol. The number of carbonyl (C=O) groups excluding carboxylic acids is 1. The number of nitrogens with zero attached hydrogens (tertiary/aromatic N) is 2. The van der Waals surface area contributed by atoms with Crippen molar-refractivity contribution in [2.45, 2.75) is 30.8 Å². The molecule has 2 aromatic carbocycles. The van der Waals surface area contributed by atoms with Crippen molar-refractivity contribution in [2.24, 2.45) is 7.05 Å². The number of hydrogen-bond acceptors (Lipinski definition) is 5. The Balaban J connectivity index is 0.000000243. The van der Waals surface area contributed by atoms with Gasteiger partial charge in [-0.2, -0.15) is 8.42 Å². The maximum atomic E-state index is 12.1. The quantitative estimate of drug-likeness (QED) is 0.495. The summed E-state index contributed by atoms with van der Waals surface area (Å²) in [6.07, 6.45) is 2.51. The molecule has 4 rings (SSSR count). The van der Waals surface area contributed by atoms with Gasteiger partial charge in [-0.05, 0) is 35.4 Å². The van der Waals surface area contributed by atoms with Crippen molar-refractivity contribution in [3.63, 3.8) is 0 Å². The Morgan fingerprint density at radius 3 is 2.47 bits per heavy atom. The summed E-state index contributed by atoms with van der Waals surface area (Å²) >= 11 is 5.89. The van der Waals surface area contributed by atoms with E-state index in [0.29, 0.717) is 13.1 Å². The summed E-state index contributed by atoms with van der Waals surface area (Å²) in [6, 6.07) is 13.8. The first-order valence-corrected chi connectivity index (χ1v) is 11.6. The molecule has 0 spiro atoms. The molecule has 1 aromatic heterocycles. The molecule has 0 saturated heterocycles. The van der Waals surface area contributed by atoms with E-state index in [0.717, 1.165) is 27.4 Å². The average molecular weight is 477 g/mol. The van der Waals surface area contributed by atoms with E-state index < -0.39 is 10.1 Å². The first-order chi connectivity index (χ1) is 15.0. The van der Waals surface area contributed by atoms with Gasteiger partial charge in [0.1, 0.15) is 0 Å². The van der Waals surface area contributed by atoms with Gasteiger partial charge in [0, 0.05) is 48.0 Å². The lowest BCUT2D eigenvalue weighted by molar-refractivity contribution is 0.0930. The number of carbonyl (C=O) groups is 1. The van der Waals surface area contributed by atoms with Gasteiger partial charge in [0.15, 0.2) is 5.03 Å². The number of hydrogen-bond donors (Lipinski definition) is 3. The summed E-state index contributed by atoms with van der Waals surface area (Å²) < 4.78 is 30.5. The molecule has 0 aliphatic carbocycles. The number of halogens is 1. The largest absolute Gasteiger partial charge is 0.381 e. The van der Waals surface area contributed by atoms with Gasteiger partial charge >= 0.3 is 10.1 Å². The van der Waals surface area contributed by atoms with Crippen LogP contribution in [-0.4, -0.2) is 35.0 Å². The predicted octanol–water partition coefficient (Wildman–Crippen LogP) is 3.64. The zero-order valence-corrected chi connectivity index (χ0v) is 19.5. The van der Waals surface area contributed by atoms with Crippen LogP contribution in [0.3, 0.4) is 0 Å². The fourth-order valence-corrected chi connectivity index (χ4v) is 3.86.